The van der Waals surface area contributed by atoms with Gasteiger partial charge in [-0.25, -0.2) is 0 Å². The standard InChI is InChI=1S/C24H29N3O/c1-6-9-19(21-11-8-13-28-21)23-20-10-7-12-27(24(20)25-26(23)5)22-17(3)14-16(2)15-18(22)4/h8-9,11,13-15H,6-7,10,12H2,1-5H3/b19-9+. The monoisotopic (exact) mass is 375 g/mol. The van der Waals surface area contributed by atoms with E-state index >= 15 is 0 Å². The van der Waals surface area contributed by atoms with Gasteiger partial charge in [0.25, 0.3) is 0 Å². The van der Waals surface area contributed by atoms with Crippen molar-refractivity contribution in [2.45, 2.75) is 47.0 Å². The molecule has 0 radical (unpaired) electrons. The quantitative estimate of drug-likeness (QED) is 0.572. The maximum absolute atomic E-state index is 5.76. The molecule has 0 spiro atoms. The van der Waals surface area contributed by atoms with Crippen LogP contribution in [-0.4, -0.2) is 16.3 Å². The lowest BCUT2D eigenvalue weighted by Gasteiger charge is -2.31. The molecule has 0 unspecified atom stereocenters. The third-order valence-corrected chi connectivity index (χ3v) is 5.54. The van der Waals surface area contributed by atoms with Crippen LogP contribution in [0.4, 0.5) is 11.5 Å². The predicted molar refractivity (Wildman–Crippen MR) is 115 cm³/mol. The molecule has 0 saturated carbocycles. The zero-order valence-corrected chi connectivity index (χ0v) is 17.5. The van der Waals surface area contributed by atoms with Crippen molar-refractivity contribution in [3.05, 3.63) is 70.3 Å². The van der Waals surface area contributed by atoms with Crippen LogP contribution >= 0.6 is 0 Å². The lowest BCUT2D eigenvalue weighted by atomic mass is 9.96. The van der Waals surface area contributed by atoms with E-state index in [0.29, 0.717) is 0 Å². The van der Waals surface area contributed by atoms with E-state index in [0.717, 1.165) is 43.0 Å². The summed E-state index contributed by atoms with van der Waals surface area (Å²) in [6, 6.07) is 8.53. The van der Waals surface area contributed by atoms with Crippen molar-refractivity contribution in [1.82, 2.24) is 9.78 Å². The fraction of sp³-hybridized carbons (Fsp3) is 0.375. The van der Waals surface area contributed by atoms with Crippen molar-refractivity contribution in [2.75, 3.05) is 11.4 Å². The third-order valence-electron chi connectivity index (χ3n) is 5.54. The summed E-state index contributed by atoms with van der Waals surface area (Å²) >= 11 is 0. The number of aromatic nitrogens is 2. The lowest BCUT2D eigenvalue weighted by molar-refractivity contribution is 0.552. The minimum atomic E-state index is 0.910. The highest BCUT2D eigenvalue weighted by Crippen LogP contribution is 2.40. The summed E-state index contributed by atoms with van der Waals surface area (Å²) < 4.78 is 7.79. The highest BCUT2D eigenvalue weighted by Gasteiger charge is 2.29. The molecule has 0 atom stereocenters. The van der Waals surface area contributed by atoms with Gasteiger partial charge in [-0.2, -0.15) is 5.10 Å². The SMILES string of the molecule is CC/C=C(\c1ccco1)c1c2c(nn1C)N(c1c(C)cc(C)cc1C)CCC2. The Hall–Kier alpha value is -2.75. The number of rotatable bonds is 4. The van der Waals surface area contributed by atoms with E-state index < -0.39 is 0 Å². The van der Waals surface area contributed by atoms with Gasteiger partial charge in [0.2, 0.25) is 0 Å². The van der Waals surface area contributed by atoms with Crippen LogP contribution in [0.5, 0.6) is 0 Å². The van der Waals surface area contributed by atoms with Crippen molar-refractivity contribution < 1.29 is 4.42 Å². The maximum atomic E-state index is 5.76. The van der Waals surface area contributed by atoms with Gasteiger partial charge in [0.15, 0.2) is 5.82 Å². The summed E-state index contributed by atoms with van der Waals surface area (Å²) in [7, 11) is 2.05. The van der Waals surface area contributed by atoms with Crippen molar-refractivity contribution >= 4 is 17.1 Å². The van der Waals surface area contributed by atoms with Gasteiger partial charge in [-0.3, -0.25) is 4.68 Å². The zero-order chi connectivity index (χ0) is 19.8. The van der Waals surface area contributed by atoms with E-state index in [9.17, 15) is 0 Å². The molecular formula is C24H29N3O. The molecule has 0 bridgehead atoms. The Bertz CT molecular complexity index is 1000. The fourth-order valence-corrected chi connectivity index (χ4v) is 4.62. The Morgan fingerprint density at radius 2 is 1.96 bits per heavy atom. The number of fused-ring (bicyclic) bond motifs is 1. The zero-order valence-electron chi connectivity index (χ0n) is 17.5. The second kappa shape index (κ2) is 7.34. The van der Waals surface area contributed by atoms with E-state index in [-0.39, 0.29) is 0 Å². The predicted octanol–water partition coefficient (Wildman–Crippen LogP) is 5.86. The Balaban J connectivity index is 1.87. The Labute approximate surface area is 167 Å². The molecule has 3 heterocycles. The topological polar surface area (TPSA) is 34.2 Å². The molecule has 0 fully saturated rings. The number of allylic oxidation sites excluding steroid dienone is 1. The molecule has 0 N–H and O–H groups in total. The van der Waals surface area contributed by atoms with Crippen LogP contribution in [0.25, 0.3) is 5.57 Å². The molecule has 1 aliphatic heterocycles. The average molecular weight is 376 g/mol. The average Bonchev–Trinajstić information content (AvgIpc) is 3.27. The molecule has 1 aliphatic rings. The Kier molecular flexibility index (Phi) is 4.88. The summed E-state index contributed by atoms with van der Waals surface area (Å²) in [5.74, 6) is 2.00. The number of aryl methyl sites for hydroxylation is 4. The molecule has 146 valence electrons. The van der Waals surface area contributed by atoms with Crippen molar-refractivity contribution in [1.29, 1.82) is 0 Å². The molecule has 1 aromatic carbocycles. The first kappa shape index (κ1) is 18.6. The van der Waals surface area contributed by atoms with Gasteiger partial charge >= 0.3 is 0 Å². The molecular weight excluding hydrogens is 346 g/mol. The molecule has 0 amide bonds. The van der Waals surface area contributed by atoms with Crippen LogP contribution in [-0.2, 0) is 13.5 Å². The third kappa shape index (κ3) is 3.07. The molecule has 4 rings (SSSR count). The number of nitrogens with zero attached hydrogens (tertiary/aromatic N) is 3. The van der Waals surface area contributed by atoms with Gasteiger partial charge in [0, 0.05) is 30.4 Å². The Morgan fingerprint density at radius 1 is 1.21 bits per heavy atom. The van der Waals surface area contributed by atoms with E-state index in [1.54, 1.807) is 6.26 Å². The normalized spacial score (nSPS) is 14.5. The summed E-state index contributed by atoms with van der Waals surface area (Å²) in [6.45, 7) is 9.74. The van der Waals surface area contributed by atoms with Crippen molar-refractivity contribution in [2.24, 2.45) is 7.05 Å². The van der Waals surface area contributed by atoms with Crippen LogP contribution in [0.2, 0.25) is 0 Å². The van der Waals surface area contributed by atoms with Crippen LogP contribution < -0.4 is 4.90 Å². The molecule has 28 heavy (non-hydrogen) atoms. The number of benzene rings is 1. The van der Waals surface area contributed by atoms with Crippen LogP contribution in [0, 0.1) is 20.8 Å². The summed E-state index contributed by atoms with van der Waals surface area (Å²) in [4.78, 5) is 2.41. The van der Waals surface area contributed by atoms with Gasteiger partial charge in [-0.05, 0) is 63.3 Å². The molecule has 3 aromatic rings. The second-order valence-electron chi connectivity index (χ2n) is 7.78. The van der Waals surface area contributed by atoms with Crippen LogP contribution in [0.1, 0.15) is 53.5 Å². The first-order chi connectivity index (χ1) is 13.5. The Morgan fingerprint density at radius 3 is 2.61 bits per heavy atom. The summed E-state index contributed by atoms with van der Waals surface area (Å²) in [5, 5.41) is 4.99. The van der Waals surface area contributed by atoms with Gasteiger partial charge < -0.3 is 9.32 Å². The molecule has 0 saturated heterocycles. The van der Waals surface area contributed by atoms with E-state index in [1.165, 1.54) is 33.6 Å². The lowest BCUT2D eigenvalue weighted by Crippen LogP contribution is -2.26. The summed E-state index contributed by atoms with van der Waals surface area (Å²) in [5.41, 5.74) is 8.88. The van der Waals surface area contributed by atoms with Crippen LogP contribution in [0.3, 0.4) is 0 Å². The minimum absolute atomic E-state index is 0.910. The minimum Gasteiger partial charge on any atom is -0.464 e. The first-order valence-electron chi connectivity index (χ1n) is 10.2. The van der Waals surface area contributed by atoms with Crippen molar-refractivity contribution in [3.8, 4) is 0 Å². The molecule has 2 aromatic heterocycles. The highest BCUT2D eigenvalue weighted by atomic mass is 16.3. The molecule has 4 nitrogen and oxygen atoms in total. The summed E-state index contributed by atoms with van der Waals surface area (Å²) in [6.07, 6.45) is 7.11. The number of furan rings is 1. The maximum Gasteiger partial charge on any atom is 0.158 e. The number of anilines is 2. The van der Waals surface area contributed by atoms with Gasteiger partial charge in [-0.15, -0.1) is 0 Å². The van der Waals surface area contributed by atoms with Gasteiger partial charge in [0.1, 0.15) is 5.76 Å². The largest absolute Gasteiger partial charge is 0.464 e. The van der Waals surface area contributed by atoms with Gasteiger partial charge in [0.05, 0.1) is 12.0 Å². The number of hydrogen-bond acceptors (Lipinski definition) is 3. The number of hydrogen-bond donors (Lipinski definition) is 0. The second-order valence-corrected chi connectivity index (χ2v) is 7.78. The highest BCUT2D eigenvalue weighted by molar-refractivity contribution is 5.82. The van der Waals surface area contributed by atoms with Crippen molar-refractivity contribution in [3.63, 3.8) is 0 Å². The van der Waals surface area contributed by atoms with Gasteiger partial charge in [-0.1, -0.05) is 30.7 Å². The fourth-order valence-electron chi connectivity index (χ4n) is 4.62. The van der Waals surface area contributed by atoms with E-state index in [4.69, 9.17) is 9.52 Å². The van der Waals surface area contributed by atoms with Crippen LogP contribution in [0.15, 0.2) is 41.0 Å². The molecule has 4 heteroatoms. The molecule has 0 aliphatic carbocycles. The van der Waals surface area contributed by atoms with E-state index in [1.807, 2.05) is 23.9 Å². The first-order valence-corrected chi connectivity index (χ1v) is 10.2. The van der Waals surface area contributed by atoms with E-state index in [2.05, 4.69) is 50.8 Å². The smallest absolute Gasteiger partial charge is 0.158 e.